The molecule has 6 bridgehead atoms. The molecule has 10 nitrogen and oxygen atoms in total. The first-order chi connectivity index (χ1) is 26.2. The van der Waals surface area contributed by atoms with Crippen molar-refractivity contribution in [1.29, 1.82) is 0 Å². The molecule has 8 rings (SSSR count). The maximum atomic E-state index is 16.7. The number of hydrogen-bond donors (Lipinski definition) is 0. The molecule has 0 aliphatic carbocycles. The van der Waals surface area contributed by atoms with Crippen LogP contribution in [0, 0.1) is 16.3 Å². The van der Waals surface area contributed by atoms with Gasteiger partial charge in [-0.1, -0.05) is 73.5 Å². The number of rotatable bonds is 3. The van der Waals surface area contributed by atoms with Crippen molar-refractivity contribution in [2.45, 2.75) is 85.4 Å². The van der Waals surface area contributed by atoms with E-state index in [1.807, 2.05) is 32.3 Å². The van der Waals surface area contributed by atoms with Gasteiger partial charge in [-0.3, -0.25) is 4.98 Å². The monoisotopic (exact) mass is 886 g/mol. The quantitative estimate of drug-likeness (QED) is 0.162. The molecule has 1 atom stereocenters. The van der Waals surface area contributed by atoms with E-state index in [1.54, 1.807) is 45.9 Å². The summed E-state index contributed by atoms with van der Waals surface area (Å²) >= 11 is 3.61. The lowest BCUT2D eigenvalue weighted by atomic mass is 9.76. The maximum absolute atomic E-state index is 16.7. The highest BCUT2D eigenvalue weighted by molar-refractivity contribution is 14.1. The molecule has 0 amide bonds. The van der Waals surface area contributed by atoms with Crippen LogP contribution in [0.15, 0.2) is 106 Å². The third-order valence-electron chi connectivity index (χ3n) is 10.7. The molecule has 7 aromatic rings. The molecule has 0 saturated heterocycles. The zero-order valence-electron chi connectivity index (χ0n) is 31.2. The molecule has 0 saturated carbocycles. The molecule has 4 aromatic heterocycles. The van der Waals surface area contributed by atoms with E-state index in [-0.39, 0.29) is 22.4 Å². The van der Waals surface area contributed by atoms with E-state index in [9.17, 15) is 8.42 Å². The number of halogens is 2. The Morgan fingerprint density at radius 1 is 0.964 bits per heavy atom. The predicted molar refractivity (Wildman–Crippen MR) is 220 cm³/mol. The van der Waals surface area contributed by atoms with Gasteiger partial charge in [0, 0.05) is 51.0 Å². The molecule has 1 unspecified atom stereocenters. The van der Waals surface area contributed by atoms with E-state index >= 15 is 4.39 Å². The second kappa shape index (κ2) is 14.3. The maximum Gasteiger partial charge on any atom is 0.268 e. The number of hydrogen-bond acceptors (Lipinski definition) is 8. The SMILES string of the molecule is Cc1ccc(S(=O)(=O)n2ccc3c4c(c(F)cc32)Sc2ccnc(c2)-c2nc(nn2C)C(C)(c2cccc(I)c2)CCCCC(C)(C)c2cn(nn2)C4)cc1. The number of pyridine rings is 1. The van der Waals surface area contributed by atoms with Gasteiger partial charge < -0.3 is 0 Å². The van der Waals surface area contributed by atoms with Crippen LogP contribution in [-0.2, 0) is 34.4 Å². The first-order valence-corrected chi connectivity index (χ1v) is 21.4. The molecule has 0 fully saturated rings. The summed E-state index contributed by atoms with van der Waals surface area (Å²) in [6.45, 7) is 8.64. The van der Waals surface area contributed by atoms with Gasteiger partial charge in [-0.05, 0) is 103 Å². The Bertz CT molecular complexity index is 2690. The third kappa shape index (κ3) is 7.01. The largest absolute Gasteiger partial charge is 0.268 e. The van der Waals surface area contributed by atoms with E-state index in [2.05, 4.69) is 82.9 Å². The van der Waals surface area contributed by atoms with Crippen LogP contribution < -0.4 is 0 Å². The minimum absolute atomic E-state index is 0.123. The summed E-state index contributed by atoms with van der Waals surface area (Å²) in [6.07, 6.45) is 8.71. The van der Waals surface area contributed by atoms with Crippen molar-refractivity contribution in [3.63, 3.8) is 0 Å². The molecule has 0 radical (unpaired) electrons. The van der Waals surface area contributed by atoms with Gasteiger partial charge in [0.2, 0.25) is 0 Å². The highest BCUT2D eigenvalue weighted by Gasteiger charge is 2.35. The van der Waals surface area contributed by atoms with Crippen LogP contribution in [0.25, 0.3) is 22.4 Å². The van der Waals surface area contributed by atoms with Crippen LogP contribution in [0.5, 0.6) is 0 Å². The minimum Gasteiger partial charge on any atom is -0.253 e. The predicted octanol–water partition coefficient (Wildman–Crippen LogP) is 9.07. The standard InChI is InChI=1S/C41H40FIN8O2S2/c1-26-11-13-30(14-12-26)55(52,53)51-20-16-31-32-24-50-25-36(46-48-50)40(2,3)17-6-7-18-41(4,27-9-8-10-28(43)21-27)39-45-38(49(5)47-39)34-22-29(15-19-44-34)54-37(32)33(42)23-35(31)51/h8-16,19-23,25H,6-7,17-18,24H2,1-5H3. The number of fused-ring (bicyclic) bond motifs is 10. The van der Waals surface area contributed by atoms with Crippen molar-refractivity contribution >= 4 is 55.3 Å². The zero-order chi connectivity index (χ0) is 38.7. The summed E-state index contributed by atoms with van der Waals surface area (Å²) in [5.74, 6) is 0.777. The molecule has 55 heavy (non-hydrogen) atoms. The van der Waals surface area contributed by atoms with Crippen molar-refractivity contribution in [2.24, 2.45) is 7.05 Å². The zero-order valence-corrected chi connectivity index (χ0v) is 35.0. The Kier molecular flexibility index (Phi) is 9.73. The fourth-order valence-electron chi connectivity index (χ4n) is 7.37. The van der Waals surface area contributed by atoms with E-state index in [1.165, 1.54) is 24.0 Å². The molecule has 5 heterocycles. The molecule has 1 aliphatic heterocycles. The van der Waals surface area contributed by atoms with Crippen molar-refractivity contribution in [3.8, 4) is 11.5 Å². The van der Waals surface area contributed by atoms with Crippen LogP contribution in [0.2, 0.25) is 0 Å². The smallest absolute Gasteiger partial charge is 0.253 e. The highest BCUT2D eigenvalue weighted by Crippen LogP contribution is 2.41. The Morgan fingerprint density at radius 2 is 1.75 bits per heavy atom. The minimum atomic E-state index is -4.02. The molecule has 3 aromatic carbocycles. The van der Waals surface area contributed by atoms with Gasteiger partial charge >= 0.3 is 0 Å². The van der Waals surface area contributed by atoms with Crippen LogP contribution in [0.3, 0.4) is 0 Å². The lowest BCUT2D eigenvalue weighted by Gasteiger charge is -2.28. The average molecular weight is 887 g/mol. The molecule has 282 valence electrons. The molecular weight excluding hydrogens is 847 g/mol. The molecule has 14 heteroatoms. The first kappa shape index (κ1) is 37.5. The summed E-state index contributed by atoms with van der Waals surface area (Å²) in [5.41, 5.74) is 3.62. The molecule has 0 N–H and O–H groups in total. The van der Waals surface area contributed by atoms with Gasteiger partial charge in [-0.2, -0.15) is 5.10 Å². The second-order valence-electron chi connectivity index (χ2n) is 15.1. The average Bonchev–Trinajstić information content (AvgIpc) is 3.91. The van der Waals surface area contributed by atoms with E-state index in [4.69, 9.17) is 10.1 Å². The van der Waals surface area contributed by atoms with Crippen LogP contribution in [0.4, 0.5) is 4.39 Å². The normalized spacial score (nSPS) is 17.7. The Labute approximate surface area is 337 Å². The van der Waals surface area contributed by atoms with Crippen LogP contribution in [0.1, 0.15) is 74.7 Å². The van der Waals surface area contributed by atoms with Crippen LogP contribution >= 0.6 is 34.4 Å². The summed E-state index contributed by atoms with van der Waals surface area (Å²) in [4.78, 5) is 11.0. The lowest BCUT2D eigenvalue weighted by Crippen LogP contribution is -2.26. The first-order valence-electron chi connectivity index (χ1n) is 18.1. The van der Waals surface area contributed by atoms with Gasteiger partial charge in [0.1, 0.15) is 11.5 Å². The summed E-state index contributed by atoms with van der Waals surface area (Å²) in [5, 5.41) is 14.7. The van der Waals surface area contributed by atoms with Crippen molar-refractivity contribution in [2.75, 3.05) is 0 Å². The third-order valence-corrected chi connectivity index (χ3v) is 14.2. The fraction of sp³-hybridized carbons (Fsp3) is 0.293. The van der Waals surface area contributed by atoms with Gasteiger partial charge in [0.05, 0.1) is 33.0 Å². The molecule has 0 spiro atoms. The van der Waals surface area contributed by atoms with Gasteiger partial charge in [-0.15, -0.1) is 5.10 Å². The highest BCUT2D eigenvalue weighted by atomic mass is 127. The Hall–Kier alpha value is -4.41. The number of benzene rings is 3. The van der Waals surface area contributed by atoms with Crippen LogP contribution in [-0.4, -0.2) is 47.1 Å². The Morgan fingerprint density at radius 3 is 2.53 bits per heavy atom. The van der Waals surface area contributed by atoms with Gasteiger partial charge in [0.25, 0.3) is 10.0 Å². The van der Waals surface area contributed by atoms with Crippen molar-refractivity contribution < 1.29 is 12.8 Å². The van der Waals surface area contributed by atoms with E-state index < -0.39 is 21.3 Å². The number of nitrogens with zero attached hydrogens (tertiary/aromatic N) is 8. The van der Waals surface area contributed by atoms with Gasteiger partial charge in [0.15, 0.2) is 11.6 Å². The number of aryl methyl sites for hydroxylation is 2. The molecule has 1 aliphatic rings. The summed E-state index contributed by atoms with van der Waals surface area (Å²) < 4.78 is 50.3. The Balaban J connectivity index is 1.28. The fourth-order valence-corrected chi connectivity index (χ4v) is 10.2. The lowest BCUT2D eigenvalue weighted by molar-refractivity contribution is 0.401. The van der Waals surface area contributed by atoms with Crippen molar-refractivity contribution in [1.82, 2.24) is 38.7 Å². The van der Waals surface area contributed by atoms with Gasteiger partial charge in [-0.25, -0.2) is 31.1 Å². The number of aromatic nitrogens is 8. The van der Waals surface area contributed by atoms with E-state index in [0.29, 0.717) is 27.4 Å². The summed E-state index contributed by atoms with van der Waals surface area (Å²) in [6, 6.07) is 21.9. The summed E-state index contributed by atoms with van der Waals surface area (Å²) in [7, 11) is -2.14. The van der Waals surface area contributed by atoms with E-state index in [0.717, 1.165) is 60.8 Å². The topological polar surface area (TPSA) is 113 Å². The second-order valence-corrected chi connectivity index (χ2v) is 19.3. The van der Waals surface area contributed by atoms with Crippen molar-refractivity contribution in [3.05, 3.63) is 129 Å². The molecular formula is C41H40FIN8O2S2.